The van der Waals surface area contributed by atoms with Crippen molar-refractivity contribution in [3.05, 3.63) is 0 Å². The zero-order chi connectivity index (χ0) is 82.2. The van der Waals surface area contributed by atoms with Crippen LogP contribution in [0.1, 0.15) is 252 Å². The summed E-state index contributed by atoms with van der Waals surface area (Å²) in [4.78, 5) is 43.7. The van der Waals surface area contributed by atoms with E-state index >= 15 is 0 Å². The fourth-order valence-electron chi connectivity index (χ4n) is 21.4. The highest BCUT2D eigenvalue weighted by Crippen LogP contribution is 2.65. The molecule has 640 valence electrons. The summed E-state index contributed by atoms with van der Waals surface area (Å²) in [6.07, 6.45) is 26.0. The van der Waals surface area contributed by atoms with E-state index < -0.39 is 174 Å². The predicted octanol–water partition coefficient (Wildman–Crippen LogP) is 11.3. The quantitative estimate of drug-likeness (QED) is 0.0119. The number of aliphatic hydroxyl groups excluding tert-OH is 1. The van der Waals surface area contributed by atoms with E-state index in [1.807, 2.05) is 0 Å². The normalized spacial score (nSPS) is 34.0. The lowest BCUT2D eigenvalue weighted by molar-refractivity contribution is -0.177. The molecule has 0 aromatic carbocycles. The van der Waals surface area contributed by atoms with E-state index in [-0.39, 0.29) is 12.5 Å². The third-order valence-electron chi connectivity index (χ3n) is 25.0. The van der Waals surface area contributed by atoms with Crippen molar-refractivity contribution in [2.75, 3.05) is 0 Å². The summed E-state index contributed by atoms with van der Waals surface area (Å²) in [7, 11) is -31.3. The van der Waals surface area contributed by atoms with E-state index in [9.17, 15) is 105 Å². The SMILES string of the molecule is CC(=O)OC(C(F)S(=O)(=O)O)C12CC3CC(CC(C3)C1)C2.CC(OC(=O)C12CC3CC(CC(C3)C1)C2)C(F)S(=O)(=O)O.CCCCCCCCCC(=O)OC(C)C(F)S(=O)(=O)O.O=C(NC1CC2CCC1C2)C(F)S(=O)(=O)O.O=S(=O)(O)C(F)C(O)C12CC3CC(CC(C3)C1)C2.O=S(C1CCCCC1)C(F)S(=O)(=O)O. The Morgan fingerprint density at radius 2 is 0.845 bits per heavy atom. The molecule has 0 heterocycles. The van der Waals surface area contributed by atoms with Crippen LogP contribution in [0.2, 0.25) is 0 Å². The molecule has 0 spiro atoms. The predicted molar refractivity (Wildman–Crippen MR) is 388 cm³/mol. The fraction of sp³-hybridized carbons (Fsp3) is 0.942. The minimum absolute atomic E-state index is 0.133. The maximum atomic E-state index is 14.3. The Hall–Kier alpha value is -2.97. The van der Waals surface area contributed by atoms with Crippen LogP contribution >= 0.6 is 0 Å². The number of alkyl halides is 6. The molecular formula is C69H113F6NO27S7. The number of fused-ring (bicyclic) bond motifs is 2. The molecule has 8 N–H and O–H groups in total. The van der Waals surface area contributed by atoms with Crippen molar-refractivity contribution in [3.63, 3.8) is 0 Å². The molecule has 0 radical (unpaired) electrons. The van der Waals surface area contributed by atoms with Crippen molar-refractivity contribution >= 4 is 95.3 Å². The highest BCUT2D eigenvalue weighted by Gasteiger charge is 2.61. The number of nitrogens with one attached hydrogen (secondary N) is 1. The molecular weight excluding hydrogens is 1610 g/mol. The van der Waals surface area contributed by atoms with Gasteiger partial charge in [-0.25, -0.2) is 26.3 Å². The average Bonchev–Trinajstić information content (AvgIpc) is 0.886. The smallest absolute Gasteiger partial charge is 0.312 e. The molecule has 1 amide bonds. The second-order valence-electron chi connectivity index (χ2n) is 33.9. The molecule has 14 bridgehead atoms. The first-order valence-corrected chi connectivity index (χ1v) is 48.7. The van der Waals surface area contributed by atoms with Crippen LogP contribution in [0.3, 0.4) is 0 Å². The fourth-order valence-corrected chi connectivity index (χ4v) is 26.6. The molecule has 0 saturated heterocycles. The molecule has 15 fully saturated rings. The zero-order valence-electron chi connectivity index (χ0n) is 62.4. The number of aliphatic hydroxyl groups is 1. The number of hydrogen-bond acceptors (Lipinski definition) is 21. The molecule has 0 aliphatic heterocycles. The maximum absolute atomic E-state index is 14.3. The molecule has 15 saturated carbocycles. The Labute approximate surface area is 645 Å². The molecule has 14 atom stereocenters. The minimum Gasteiger partial charge on any atom is -0.458 e. The van der Waals surface area contributed by atoms with Crippen LogP contribution in [-0.2, 0) is 105 Å². The number of carbonyl (C=O) groups excluding carboxylic acids is 4. The van der Waals surface area contributed by atoms with Gasteiger partial charge in [-0.1, -0.05) is 71.1 Å². The van der Waals surface area contributed by atoms with Crippen LogP contribution in [0.4, 0.5) is 26.3 Å². The summed E-state index contributed by atoms with van der Waals surface area (Å²) in [5, 5.41) is 12.0. The number of ether oxygens (including phenoxy) is 3. The van der Waals surface area contributed by atoms with Gasteiger partial charge in [0.2, 0.25) is 0 Å². The third kappa shape index (κ3) is 25.8. The maximum Gasteiger partial charge on any atom is 0.312 e. The molecule has 0 aromatic rings. The first kappa shape index (κ1) is 94.2. The van der Waals surface area contributed by atoms with E-state index in [0.29, 0.717) is 123 Å². The van der Waals surface area contributed by atoms with Crippen molar-refractivity contribution in [2.24, 2.45) is 81.3 Å². The standard InChI is InChI=1S/2C14H21FO5S.C13H25FO5S.C12H19FO4S.C9H14FNO4S.C7H13FO4S2/c1-8(16)20-12(13(15)21(17,18)19)14-5-9-2-10(6-14)4-11(3-9)7-14;1-8(12(15)21(17,18)19)20-13(16)14-5-9-2-10(6-14)4-11(3-9)7-14;1-3-4-5-6-7-8-9-10-12(15)19-11(2)13(14)20(16,17)18;13-11(18(15,16)17)10(14)12-4-7-1-8(5-12)3-9(2-7)6-12;10-8(16(13,14)15)9(12)11-7-4-5-1-2-6(7)3-5;8-7(14(10,11)12)13(9)6-4-2-1-3-5-6/h9-13H,2-7H2,1H3,(H,17,18,19);8-12H,2-7H2,1H3,(H,17,18,19);11,13H,3-10H2,1-2H3,(H,16,17,18);7-11,14H,1-6H2,(H,15,16,17);5-8H,1-4H2,(H,11,12)(H,13,14,15);6-7H,1-5H2,(H,10,11,12). The van der Waals surface area contributed by atoms with Crippen LogP contribution < -0.4 is 5.32 Å². The number of unbranched alkanes of at least 4 members (excludes halogenated alkanes) is 6. The van der Waals surface area contributed by atoms with Gasteiger partial charge >= 0.3 is 74.0 Å². The van der Waals surface area contributed by atoms with Gasteiger partial charge in [0.05, 0.1) is 16.2 Å². The largest absolute Gasteiger partial charge is 0.458 e. The van der Waals surface area contributed by atoms with Crippen molar-refractivity contribution < 1.29 is 147 Å². The second kappa shape index (κ2) is 38.6. The van der Waals surface area contributed by atoms with E-state index in [1.165, 1.54) is 19.3 Å². The Morgan fingerprint density at radius 1 is 0.455 bits per heavy atom. The topological polar surface area (TPSA) is 472 Å². The van der Waals surface area contributed by atoms with Crippen LogP contribution in [0.25, 0.3) is 0 Å². The van der Waals surface area contributed by atoms with Crippen LogP contribution in [0.5, 0.6) is 0 Å². The number of rotatable bonds is 28. The minimum atomic E-state index is -4.94. The van der Waals surface area contributed by atoms with Crippen molar-refractivity contribution in [1.82, 2.24) is 5.32 Å². The van der Waals surface area contributed by atoms with Crippen molar-refractivity contribution in [2.45, 2.75) is 320 Å². The van der Waals surface area contributed by atoms with Gasteiger partial charge in [-0.3, -0.25) is 50.7 Å². The van der Waals surface area contributed by atoms with E-state index in [2.05, 4.69) is 17.0 Å². The first-order valence-electron chi connectivity index (χ1n) is 38.4. The molecule has 15 aliphatic rings. The highest BCUT2D eigenvalue weighted by molar-refractivity contribution is 8.03. The van der Waals surface area contributed by atoms with Gasteiger partial charge in [0.1, 0.15) is 18.3 Å². The summed E-state index contributed by atoms with van der Waals surface area (Å²) in [6.45, 7) is 5.55. The Morgan fingerprint density at radius 3 is 1.21 bits per heavy atom. The summed E-state index contributed by atoms with van der Waals surface area (Å²) < 4.78 is 287. The summed E-state index contributed by atoms with van der Waals surface area (Å²) in [6, 6.07) is -0.133. The van der Waals surface area contributed by atoms with Gasteiger partial charge in [0.25, 0.3) is 42.9 Å². The number of carbonyl (C=O) groups is 4. The molecule has 15 rings (SSSR count). The summed E-state index contributed by atoms with van der Waals surface area (Å²) >= 11 is 0. The zero-order valence-corrected chi connectivity index (χ0v) is 68.2. The highest BCUT2D eigenvalue weighted by atomic mass is 32.3. The Kier molecular flexibility index (Phi) is 33.1. The lowest BCUT2D eigenvalue weighted by atomic mass is 9.48. The molecule has 28 nitrogen and oxygen atoms in total. The van der Waals surface area contributed by atoms with Crippen molar-refractivity contribution in [3.8, 4) is 0 Å². The average molecular weight is 1730 g/mol. The Bertz CT molecular complexity index is 3770. The molecule has 41 heteroatoms. The summed E-state index contributed by atoms with van der Waals surface area (Å²) in [5.41, 5.74) is -15.0. The number of hydrogen-bond donors (Lipinski definition) is 8. The van der Waals surface area contributed by atoms with Crippen LogP contribution in [0, 0.1) is 81.3 Å². The molecule has 0 aromatic heterocycles. The van der Waals surface area contributed by atoms with Crippen LogP contribution in [0.15, 0.2) is 0 Å². The number of amides is 1. The van der Waals surface area contributed by atoms with Crippen molar-refractivity contribution in [1.29, 1.82) is 0 Å². The first-order chi connectivity index (χ1) is 50.8. The van der Waals surface area contributed by atoms with E-state index in [0.717, 1.165) is 162 Å². The lowest BCUT2D eigenvalue weighted by Crippen LogP contribution is -2.56. The monoisotopic (exact) mass is 1730 g/mol. The van der Waals surface area contributed by atoms with Gasteiger partial charge in [-0.15, -0.1) is 0 Å². The number of esters is 3. The van der Waals surface area contributed by atoms with Gasteiger partial charge in [0.15, 0.2) is 6.10 Å². The summed E-state index contributed by atoms with van der Waals surface area (Å²) in [5.74, 6) is 2.33. The molecule has 110 heavy (non-hydrogen) atoms. The third-order valence-corrected chi connectivity index (χ3v) is 32.5. The lowest BCUT2D eigenvalue weighted by Gasteiger charge is -2.58. The molecule has 14 unspecified atom stereocenters. The van der Waals surface area contributed by atoms with E-state index in [1.54, 1.807) is 0 Å². The van der Waals surface area contributed by atoms with Crippen LogP contribution in [-0.4, -0.2) is 179 Å². The van der Waals surface area contributed by atoms with E-state index in [4.69, 9.17) is 36.8 Å². The van der Waals surface area contributed by atoms with Gasteiger partial charge in [-0.2, -0.15) is 50.5 Å². The number of halogens is 6. The second-order valence-corrected chi connectivity index (χ2v) is 44.7. The molecule has 15 aliphatic carbocycles. The van der Waals surface area contributed by atoms with Gasteiger partial charge in [-0.05, 0) is 233 Å². The Balaban J connectivity index is 0.000000184. The van der Waals surface area contributed by atoms with Gasteiger partial charge < -0.3 is 24.6 Å². The van der Waals surface area contributed by atoms with Gasteiger partial charge in [0, 0.05) is 35.5 Å².